The Morgan fingerprint density at radius 1 is 0.581 bits per heavy atom. The van der Waals surface area contributed by atoms with Crippen LogP contribution in [0.2, 0.25) is 0 Å². The lowest BCUT2D eigenvalue weighted by Crippen LogP contribution is -2.05. The van der Waals surface area contributed by atoms with Crippen molar-refractivity contribution in [3.63, 3.8) is 0 Å². The molecule has 4 rings (SSSR count). The van der Waals surface area contributed by atoms with Crippen LogP contribution in [0.1, 0.15) is 23.7 Å². The molecule has 0 radical (unpaired) electrons. The van der Waals surface area contributed by atoms with Crippen LogP contribution in [0.3, 0.4) is 0 Å². The van der Waals surface area contributed by atoms with E-state index in [0.717, 1.165) is 20.9 Å². The minimum atomic E-state index is -0.482. The molecule has 2 aliphatic heterocycles. The summed E-state index contributed by atoms with van der Waals surface area (Å²) in [6.07, 6.45) is -0.963. The second-order valence-electron chi connectivity index (χ2n) is 6.74. The number of methoxy groups -OCH3 is 4. The van der Waals surface area contributed by atoms with E-state index in [-0.39, 0.29) is 0 Å². The molecule has 0 aromatic heterocycles. The third kappa shape index (κ3) is 4.56. The Labute approximate surface area is 185 Å². The lowest BCUT2D eigenvalue weighted by Gasteiger charge is -2.21. The van der Waals surface area contributed by atoms with Gasteiger partial charge < -0.3 is 37.9 Å². The van der Waals surface area contributed by atoms with E-state index in [2.05, 4.69) is 0 Å². The molecule has 31 heavy (non-hydrogen) atoms. The molecule has 2 aromatic carbocycles. The smallest absolute Gasteiger partial charge is 0.185 e. The van der Waals surface area contributed by atoms with Crippen molar-refractivity contribution in [1.82, 2.24) is 0 Å². The molecule has 2 aromatic rings. The molecule has 9 heteroatoms. The van der Waals surface area contributed by atoms with Gasteiger partial charge in [-0.15, -0.1) is 0 Å². The summed E-state index contributed by atoms with van der Waals surface area (Å²) < 4.78 is 45.1. The van der Waals surface area contributed by atoms with E-state index in [1.807, 2.05) is 24.3 Å². The van der Waals surface area contributed by atoms with E-state index in [4.69, 9.17) is 37.9 Å². The van der Waals surface area contributed by atoms with Crippen molar-refractivity contribution in [2.45, 2.75) is 22.4 Å². The molecule has 0 aliphatic carbocycles. The predicted octanol–water partition coefficient (Wildman–Crippen LogP) is 3.96. The second-order valence-corrected chi connectivity index (χ2v) is 7.82. The van der Waals surface area contributed by atoms with Crippen LogP contribution in [0.25, 0.3) is 0 Å². The van der Waals surface area contributed by atoms with E-state index in [9.17, 15) is 0 Å². The predicted molar refractivity (Wildman–Crippen MR) is 113 cm³/mol. The average Bonchev–Trinajstić information content (AvgIpc) is 3.53. The van der Waals surface area contributed by atoms with Crippen LogP contribution in [-0.2, 0) is 18.9 Å². The number of ether oxygens (including phenoxy) is 8. The molecule has 2 fully saturated rings. The lowest BCUT2D eigenvalue weighted by atomic mass is 10.2. The highest BCUT2D eigenvalue weighted by molar-refractivity contribution is 7.99. The quantitative estimate of drug-likeness (QED) is 0.594. The number of hydrogen-bond acceptors (Lipinski definition) is 9. The van der Waals surface area contributed by atoms with Crippen molar-refractivity contribution in [2.75, 3.05) is 54.9 Å². The largest absolute Gasteiger partial charge is 0.493 e. The van der Waals surface area contributed by atoms with Crippen molar-refractivity contribution in [1.29, 1.82) is 0 Å². The van der Waals surface area contributed by atoms with Gasteiger partial charge in [0.15, 0.2) is 35.6 Å². The first-order valence-corrected chi connectivity index (χ1v) is 10.7. The Bertz CT molecular complexity index is 833. The Kier molecular flexibility index (Phi) is 7.09. The zero-order valence-corrected chi connectivity index (χ0v) is 18.8. The van der Waals surface area contributed by atoms with Gasteiger partial charge in [-0.1, -0.05) is 11.8 Å². The van der Waals surface area contributed by atoms with E-state index in [1.54, 1.807) is 28.4 Å². The highest BCUT2D eigenvalue weighted by Gasteiger charge is 2.28. The summed E-state index contributed by atoms with van der Waals surface area (Å²) in [5, 5.41) is 0. The van der Waals surface area contributed by atoms with E-state index >= 15 is 0 Å². The van der Waals surface area contributed by atoms with Crippen LogP contribution in [-0.4, -0.2) is 54.9 Å². The summed E-state index contributed by atoms with van der Waals surface area (Å²) >= 11 is 1.52. The Morgan fingerprint density at radius 2 is 0.903 bits per heavy atom. The number of benzene rings is 2. The van der Waals surface area contributed by atoms with Gasteiger partial charge in [-0.05, 0) is 24.3 Å². The standard InChI is InChI=1S/C22H26O8S/c1-23-15-9-13(21-27-5-6-28-21)19(11-17(15)25-3)31-20-12-18(26-4)16(24-2)10-14(20)22-29-7-8-30-22/h9-12,21-22H,5-8H2,1-4H3. The fourth-order valence-electron chi connectivity index (χ4n) is 3.49. The van der Waals surface area contributed by atoms with Crippen LogP contribution >= 0.6 is 11.8 Å². The summed E-state index contributed by atoms with van der Waals surface area (Å²) in [6.45, 7) is 2.14. The van der Waals surface area contributed by atoms with Crippen LogP contribution < -0.4 is 18.9 Å². The molecule has 0 atom stereocenters. The third-order valence-corrected chi connectivity index (χ3v) is 6.15. The van der Waals surface area contributed by atoms with Gasteiger partial charge in [-0.2, -0.15) is 0 Å². The van der Waals surface area contributed by atoms with Gasteiger partial charge in [-0.25, -0.2) is 0 Å². The zero-order chi connectivity index (χ0) is 21.8. The van der Waals surface area contributed by atoms with Crippen molar-refractivity contribution >= 4 is 11.8 Å². The van der Waals surface area contributed by atoms with Crippen molar-refractivity contribution < 1.29 is 37.9 Å². The maximum Gasteiger partial charge on any atom is 0.185 e. The fourth-order valence-corrected chi connectivity index (χ4v) is 4.61. The normalized spacial score (nSPS) is 17.2. The molecule has 0 N–H and O–H groups in total. The van der Waals surface area contributed by atoms with Gasteiger partial charge in [0, 0.05) is 20.9 Å². The van der Waals surface area contributed by atoms with E-state index in [0.29, 0.717) is 49.4 Å². The maximum atomic E-state index is 5.78. The summed E-state index contributed by atoms with van der Waals surface area (Å²) in [6, 6.07) is 7.61. The minimum absolute atomic E-state index is 0.482. The first-order chi connectivity index (χ1) is 15.2. The van der Waals surface area contributed by atoms with Crippen molar-refractivity contribution in [2.24, 2.45) is 0 Å². The van der Waals surface area contributed by atoms with Gasteiger partial charge in [0.05, 0.1) is 54.9 Å². The monoisotopic (exact) mass is 450 g/mol. The lowest BCUT2D eigenvalue weighted by molar-refractivity contribution is -0.0464. The molecule has 0 amide bonds. The fraction of sp³-hybridized carbons (Fsp3) is 0.455. The minimum Gasteiger partial charge on any atom is -0.493 e. The van der Waals surface area contributed by atoms with E-state index in [1.165, 1.54) is 11.8 Å². The SMILES string of the molecule is COc1cc(Sc2cc(OC)c(OC)cc2C2OCCO2)c(C2OCCO2)cc1OC. The Hall–Kier alpha value is -2.17. The highest BCUT2D eigenvalue weighted by Crippen LogP contribution is 2.47. The molecule has 0 unspecified atom stereocenters. The summed E-state index contributed by atoms with van der Waals surface area (Å²) in [4.78, 5) is 1.80. The molecular weight excluding hydrogens is 424 g/mol. The maximum absolute atomic E-state index is 5.78. The van der Waals surface area contributed by atoms with Gasteiger partial charge in [-0.3, -0.25) is 0 Å². The first-order valence-electron chi connectivity index (χ1n) is 9.84. The van der Waals surface area contributed by atoms with Crippen LogP contribution in [0.4, 0.5) is 0 Å². The number of rotatable bonds is 8. The number of hydrogen-bond donors (Lipinski definition) is 0. The van der Waals surface area contributed by atoms with Gasteiger partial charge in [0.25, 0.3) is 0 Å². The molecule has 2 heterocycles. The third-order valence-electron chi connectivity index (χ3n) is 5.00. The molecule has 2 aliphatic rings. The molecular formula is C22H26O8S. The average molecular weight is 451 g/mol. The second kappa shape index (κ2) is 9.97. The van der Waals surface area contributed by atoms with E-state index < -0.39 is 12.6 Å². The molecule has 8 nitrogen and oxygen atoms in total. The van der Waals surface area contributed by atoms with Crippen LogP contribution in [0.15, 0.2) is 34.1 Å². The summed E-state index contributed by atoms with van der Waals surface area (Å²) in [5.41, 5.74) is 1.71. The molecule has 0 saturated carbocycles. The Morgan fingerprint density at radius 3 is 1.23 bits per heavy atom. The zero-order valence-electron chi connectivity index (χ0n) is 18.0. The van der Waals surface area contributed by atoms with Crippen LogP contribution in [0.5, 0.6) is 23.0 Å². The Balaban J connectivity index is 1.80. The van der Waals surface area contributed by atoms with Gasteiger partial charge in [0.1, 0.15) is 0 Å². The molecule has 168 valence electrons. The van der Waals surface area contributed by atoms with Crippen molar-refractivity contribution in [3.8, 4) is 23.0 Å². The topological polar surface area (TPSA) is 73.8 Å². The van der Waals surface area contributed by atoms with Crippen molar-refractivity contribution in [3.05, 3.63) is 35.4 Å². The summed E-state index contributed by atoms with van der Waals surface area (Å²) in [7, 11) is 6.42. The van der Waals surface area contributed by atoms with Gasteiger partial charge >= 0.3 is 0 Å². The van der Waals surface area contributed by atoms with Gasteiger partial charge in [0.2, 0.25) is 0 Å². The molecule has 2 saturated heterocycles. The first kappa shape index (κ1) is 22.0. The molecule has 0 spiro atoms. The summed E-state index contributed by atoms with van der Waals surface area (Å²) in [5.74, 6) is 2.44. The highest BCUT2D eigenvalue weighted by atomic mass is 32.2. The van der Waals surface area contributed by atoms with Crippen LogP contribution in [0, 0.1) is 0 Å². The molecule has 0 bridgehead atoms.